The number of nitrogens with zero attached hydrogens (tertiary/aromatic N) is 1. The molecule has 110 valence electrons. The summed E-state index contributed by atoms with van der Waals surface area (Å²) in [7, 11) is -3.86. The largest absolute Gasteiger partial charge is 0.481 e. The molecule has 2 rings (SSSR count). The van der Waals surface area contributed by atoms with Crippen molar-refractivity contribution < 1.29 is 22.5 Å². The maximum Gasteiger partial charge on any atom is 0.385 e. The van der Waals surface area contributed by atoms with E-state index in [9.17, 15) is 13.2 Å². The zero-order chi connectivity index (χ0) is 14.8. The van der Waals surface area contributed by atoms with E-state index in [-0.39, 0.29) is 18.8 Å². The summed E-state index contributed by atoms with van der Waals surface area (Å²) in [6.45, 7) is 2.24. The summed E-state index contributed by atoms with van der Waals surface area (Å²) in [5.41, 5.74) is 1.01. The molecule has 20 heavy (non-hydrogen) atoms. The standard InChI is InChI=1S/C13H17NO5S/c1-10-2-4-12(5-3-10)19-20(17,18)14-8-6-11(7-9-14)13(15)16/h2-5,11H,6-9H2,1H3,(H,15,16). The average Bonchev–Trinajstić information content (AvgIpc) is 2.41. The summed E-state index contributed by atoms with van der Waals surface area (Å²) in [5.74, 6) is -1.08. The smallest absolute Gasteiger partial charge is 0.385 e. The Kier molecular flexibility index (Phi) is 4.29. The van der Waals surface area contributed by atoms with Crippen molar-refractivity contribution in [2.45, 2.75) is 19.8 Å². The molecule has 0 spiro atoms. The fourth-order valence-corrected chi connectivity index (χ4v) is 3.21. The Balaban J connectivity index is 2.01. The lowest BCUT2D eigenvalue weighted by molar-refractivity contribution is -0.142. The van der Waals surface area contributed by atoms with Crippen LogP contribution < -0.4 is 4.18 Å². The Morgan fingerprint density at radius 2 is 1.80 bits per heavy atom. The minimum atomic E-state index is -3.86. The number of hydrogen-bond acceptors (Lipinski definition) is 4. The van der Waals surface area contributed by atoms with Crippen LogP contribution >= 0.6 is 0 Å². The first-order valence-electron chi connectivity index (χ1n) is 6.37. The second-order valence-corrected chi connectivity index (χ2v) is 6.40. The van der Waals surface area contributed by atoms with Crippen LogP contribution in [0.3, 0.4) is 0 Å². The van der Waals surface area contributed by atoms with E-state index in [1.54, 1.807) is 24.3 Å². The Bertz CT molecular complexity index is 573. The summed E-state index contributed by atoms with van der Waals surface area (Å²) in [6, 6.07) is 6.72. The lowest BCUT2D eigenvalue weighted by Gasteiger charge is -2.28. The van der Waals surface area contributed by atoms with E-state index in [4.69, 9.17) is 9.29 Å². The van der Waals surface area contributed by atoms with E-state index in [1.807, 2.05) is 6.92 Å². The fraction of sp³-hybridized carbons (Fsp3) is 0.462. The molecule has 0 aromatic heterocycles. The maximum atomic E-state index is 12.1. The molecule has 1 N–H and O–H groups in total. The van der Waals surface area contributed by atoms with Crippen molar-refractivity contribution in [3.63, 3.8) is 0 Å². The third kappa shape index (κ3) is 3.49. The van der Waals surface area contributed by atoms with Gasteiger partial charge in [0.1, 0.15) is 5.75 Å². The molecule has 1 aromatic carbocycles. The van der Waals surface area contributed by atoms with Crippen LogP contribution in [-0.4, -0.2) is 36.9 Å². The number of carbonyl (C=O) groups is 1. The maximum absolute atomic E-state index is 12.1. The number of carboxylic acid groups (broad SMARTS) is 1. The molecular weight excluding hydrogens is 282 g/mol. The summed E-state index contributed by atoms with van der Waals surface area (Å²) in [4.78, 5) is 10.8. The van der Waals surface area contributed by atoms with Gasteiger partial charge in [-0.25, -0.2) is 0 Å². The molecule has 0 unspecified atom stereocenters. The van der Waals surface area contributed by atoms with Gasteiger partial charge in [-0.1, -0.05) is 17.7 Å². The normalized spacial score (nSPS) is 17.9. The molecule has 1 aliphatic rings. The fourth-order valence-electron chi connectivity index (χ4n) is 2.09. The molecule has 1 aromatic rings. The van der Waals surface area contributed by atoms with Gasteiger partial charge in [0.25, 0.3) is 0 Å². The molecule has 1 aliphatic heterocycles. The van der Waals surface area contributed by atoms with Crippen LogP contribution in [0.4, 0.5) is 0 Å². The van der Waals surface area contributed by atoms with E-state index in [0.29, 0.717) is 12.8 Å². The van der Waals surface area contributed by atoms with Gasteiger partial charge in [-0.3, -0.25) is 4.79 Å². The quantitative estimate of drug-likeness (QED) is 0.909. The highest BCUT2D eigenvalue weighted by atomic mass is 32.2. The highest BCUT2D eigenvalue weighted by molar-refractivity contribution is 7.84. The topological polar surface area (TPSA) is 83.9 Å². The van der Waals surface area contributed by atoms with Crippen LogP contribution in [0.15, 0.2) is 24.3 Å². The van der Waals surface area contributed by atoms with Gasteiger partial charge in [0.15, 0.2) is 0 Å². The summed E-state index contributed by atoms with van der Waals surface area (Å²) < 4.78 is 30.4. The number of aliphatic carboxylic acids is 1. The van der Waals surface area contributed by atoms with Crippen LogP contribution in [-0.2, 0) is 15.1 Å². The van der Waals surface area contributed by atoms with Gasteiger partial charge >= 0.3 is 16.3 Å². The Hall–Kier alpha value is -1.60. The van der Waals surface area contributed by atoms with Crippen molar-refractivity contribution in [2.24, 2.45) is 5.92 Å². The number of hydrogen-bond donors (Lipinski definition) is 1. The zero-order valence-electron chi connectivity index (χ0n) is 11.2. The van der Waals surface area contributed by atoms with E-state index < -0.39 is 22.2 Å². The number of rotatable bonds is 4. The predicted molar refractivity (Wildman–Crippen MR) is 72.7 cm³/mol. The summed E-state index contributed by atoms with van der Waals surface area (Å²) in [5, 5.41) is 8.89. The molecule has 1 fully saturated rings. The van der Waals surface area contributed by atoms with Crippen LogP contribution in [0.5, 0.6) is 5.75 Å². The third-order valence-corrected chi connectivity index (χ3v) is 4.74. The Morgan fingerprint density at radius 3 is 2.30 bits per heavy atom. The van der Waals surface area contributed by atoms with Crippen molar-refractivity contribution in [1.82, 2.24) is 4.31 Å². The molecule has 0 amide bonds. The van der Waals surface area contributed by atoms with Crippen LogP contribution in [0.25, 0.3) is 0 Å². The van der Waals surface area contributed by atoms with Crippen molar-refractivity contribution in [3.8, 4) is 5.75 Å². The summed E-state index contributed by atoms with van der Waals surface area (Å²) >= 11 is 0. The van der Waals surface area contributed by atoms with Gasteiger partial charge in [0, 0.05) is 13.1 Å². The SMILES string of the molecule is Cc1ccc(OS(=O)(=O)N2CCC(C(=O)O)CC2)cc1. The third-order valence-electron chi connectivity index (χ3n) is 3.34. The Morgan fingerprint density at radius 1 is 1.25 bits per heavy atom. The van der Waals surface area contributed by atoms with Crippen LogP contribution in [0.2, 0.25) is 0 Å². The first kappa shape index (κ1) is 14.8. The molecule has 6 nitrogen and oxygen atoms in total. The lowest BCUT2D eigenvalue weighted by atomic mass is 9.99. The number of benzene rings is 1. The minimum absolute atomic E-state index is 0.172. The molecule has 0 aliphatic carbocycles. The monoisotopic (exact) mass is 299 g/mol. The molecule has 0 atom stereocenters. The molecule has 1 heterocycles. The second kappa shape index (κ2) is 5.80. The zero-order valence-corrected chi connectivity index (χ0v) is 12.0. The van der Waals surface area contributed by atoms with E-state index in [1.165, 1.54) is 4.31 Å². The van der Waals surface area contributed by atoms with E-state index in [2.05, 4.69) is 0 Å². The second-order valence-electron chi connectivity index (χ2n) is 4.87. The van der Waals surface area contributed by atoms with Gasteiger partial charge in [0.05, 0.1) is 5.92 Å². The predicted octanol–water partition coefficient (Wildman–Crippen LogP) is 1.42. The number of piperidine rings is 1. The molecule has 7 heteroatoms. The van der Waals surface area contributed by atoms with Crippen molar-refractivity contribution in [2.75, 3.05) is 13.1 Å². The molecule has 0 radical (unpaired) electrons. The van der Waals surface area contributed by atoms with Gasteiger partial charge in [0.2, 0.25) is 0 Å². The molecule has 0 bridgehead atoms. The first-order chi connectivity index (χ1) is 9.38. The van der Waals surface area contributed by atoms with Crippen LogP contribution in [0.1, 0.15) is 18.4 Å². The average molecular weight is 299 g/mol. The van der Waals surface area contributed by atoms with E-state index >= 15 is 0 Å². The first-order valence-corrected chi connectivity index (χ1v) is 7.74. The Labute approximate surface area is 118 Å². The van der Waals surface area contributed by atoms with E-state index in [0.717, 1.165) is 5.56 Å². The molecular formula is C13H17NO5S. The van der Waals surface area contributed by atoms with Crippen LogP contribution in [0, 0.1) is 12.8 Å². The van der Waals surface area contributed by atoms with Gasteiger partial charge in [-0.15, -0.1) is 0 Å². The van der Waals surface area contributed by atoms with Gasteiger partial charge in [-0.05, 0) is 31.9 Å². The van der Waals surface area contributed by atoms with Crippen molar-refractivity contribution in [1.29, 1.82) is 0 Å². The minimum Gasteiger partial charge on any atom is -0.481 e. The number of aryl methyl sites for hydroxylation is 1. The summed E-state index contributed by atoms with van der Waals surface area (Å²) in [6.07, 6.45) is 0.623. The van der Waals surface area contributed by atoms with Crippen molar-refractivity contribution in [3.05, 3.63) is 29.8 Å². The number of carboxylic acids is 1. The highest BCUT2D eigenvalue weighted by Gasteiger charge is 2.32. The van der Waals surface area contributed by atoms with Gasteiger partial charge < -0.3 is 9.29 Å². The molecule has 0 saturated carbocycles. The van der Waals surface area contributed by atoms with Gasteiger partial charge in [-0.2, -0.15) is 12.7 Å². The lowest BCUT2D eigenvalue weighted by Crippen LogP contribution is -2.42. The molecule has 1 saturated heterocycles. The highest BCUT2D eigenvalue weighted by Crippen LogP contribution is 2.22. The van der Waals surface area contributed by atoms with Crippen molar-refractivity contribution >= 4 is 16.3 Å².